The normalized spacial score (nSPS) is 10.9. The average molecular weight is 381 g/mol. The highest BCUT2D eigenvalue weighted by Crippen LogP contribution is 2.27. The van der Waals surface area contributed by atoms with Crippen molar-refractivity contribution in [3.05, 3.63) is 119 Å². The highest BCUT2D eigenvalue weighted by Gasteiger charge is 2.21. The molecule has 0 radical (unpaired) electrons. The van der Waals surface area contributed by atoms with E-state index >= 15 is 0 Å². The van der Waals surface area contributed by atoms with Gasteiger partial charge in [0.15, 0.2) is 0 Å². The molecule has 4 aromatic rings. The van der Waals surface area contributed by atoms with E-state index in [0.29, 0.717) is 17.1 Å². The average Bonchev–Trinajstić information content (AvgIpc) is 3.15. The second kappa shape index (κ2) is 8.19. The van der Waals surface area contributed by atoms with Crippen molar-refractivity contribution in [2.24, 2.45) is 0 Å². The Morgan fingerprint density at radius 3 is 1.90 bits per heavy atom. The molecular weight excluding hydrogens is 358 g/mol. The van der Waals surface area contributed by atoms with Gasteiger partial charge in [0.25, 0.3) is 5.91 Å². The largest absolute Gasteiger partial charge is 0.461 e. The van der Waals surface area contributed by atoms with Crippen LogP contribution >= 0.6 is 0 Å². The van der Waals surface area contributed by atoms with Crippen molar-refractivity contribution >= 4 is 5.91 Å². The summed E-state index contributed by atoms with van der Waals surface area (Å²) in [7, 11) is 0. The molecule has 1 amide bonds. The Bertz CT molecular complexity index is 1060. The highest BCUT2D eigenvalue weighted by molar-refractivity contribution is 5.96. The van der Waals surface area contributed by atoms with Gasteiger partial charge in [0, 0.05) is 5.56 Å². The van der Waals surface area contributed by atoms with Crippen LogP contribution in [0.4, 0.5) is 0 Å². The molecule has 0 fully saturated rings. The lowest BCUT2D eigenvalue weighted by molar-refractivity contribution is 0.0941. The maximum atomic E-state index is 13.2. The minimum atomic E-state index is -0.234. The molecule has 0 saturated heterocycles. The summed E-state index contributed by atoms with van der Waals surface area (Å²) < 4.78 is 5.89. The Balaban J connectivity index is 1.64. The molecule has 3 heteroatoms. The fourth-order valence-electron chi connectivity index (χ4n) is 3.43. The molecule has 0 bridgehead atoms. The van der Waals surface area contributed by atoms with E-state index in [4.69, 9.17) is 4.42 Å². The number of aryl methyl sites for hydroxylation is 2. The third kappa shape index (κ3) is 4.14. The maximum absolute atomic E-state index is 13.2. The molecule has 0 saturated carbocycles. The molecule has 3 nitrogen and oxygen atoms in total. The third-order valence-corrected chi connectivity index (χ3v) is 5.04. The Labute approximate surface area is 171 Å². The summed E-state index contributed by atoms with van der Waals surface area (Å²) in [4.78, 5) is 13.2. The number of carbonyl (C=O) groups excluding carboxylic acids is 1. The van der Waals surface area contributed by atoms with Crippen LogP contribution in [0.3, 0.4) is 0 Å². The Hall–Kier alpha value is -3.59. The summed E-state index contributed by atoms with van der Waals surface area (Å²) in [6.07, 6.45) is 0. The monoisotopic (exact) mass is 381 g/mol. The van der Waals surface area contributed by atoms with Crippen LogP contribution in [0.15, 0.2) is 95.4 Å². The molecule has 29 heavy (non-hydrogen) atoms. The van der Waals surface area contributed by atoms with Crippen LogP contribution in [0.1, 0.15) is 38.9 Å². The summed E-state index contributed by atoms with van der Waals surface area (Å²) in [6, 6.07) is 29.6. The molecule has 4 rings (SSSR count). The molecule has 3 aromatic carbocycles. The number of rotatable bonds is 5. The van der Waals surface area contributed by atoms with Gasteiger partial charge in [-0.3, -0.25) is 4.79 Å². The first-order valence-corrected chi connectivity index (χ1v) is 9.70. The molecule has 0 unspecified atom stereocenters. The lowest BCUT2D eigenvalue weighted by Crippen LogP contribution is -2.29. The number of furan rings is 1. The predicted molar refractivity (Wildman–Crippen MR) is 116 cm³/mol. The van der Waals surface area contributed by atoms with Crippen molar-refractivity contribution < 1.29 is 9.21 Å². The van der Waals surface area contributed by atoms with E-state index in [0.717, 1.165) is 16.7 Å². The Kier molecular flexibility index (Phi) is 5.30. The molecule has 1 heterocycles. The summed E-state index contributed by atoms with van der Waals surface area (Å²) >= 11 is 0. The minimum Gasteiger partial charge on any atom is -0.461 e. The number of hydrogen-bond donors (Lipinski definition) is 1. The van der Waals surface area contributed by atoms with Gasteiger partial charge in [-0.25, -0.2) is 0 Å². The van der Waals surface area contributed by atoms with E-state index in [1.807, 2.05) is 105 Å². The van der Waals surface area contributed by atoms with Crippen LogP contribution in [-0.2, 0) is 0 Å². The lowest BCUT2D eigenvalue weighted by atomic mass is 9.98. The van der Waals surface area contributed by atoms with Gasteiger partial charge >= 0.3 is 0 Å². The predicted octanol–water partition coefficient (Wildman–Crippen LogP) is 6.08. The fraction of sp³-hybridized carbons (Fsp3) is 0.115. The van der Waals surface area contributed by atoms with Crippen LogP contribution in [0, 0.1) is 13.8 Å². The molecule has 144 valence electrons. The van der Waals surface area contributed by atoms with Crippen LogP contribution < -0.4 is 5.32 Å². The zero-order chi connectivity index (χ0) is 20.2. The number of benzene rings is 3. The van der Waals surface area contributed by atoms with Crippen molar-refractivity contribution in [3.63, 3.8) is 0 Å². The molecule has 0 aliphatic rings. The maximum Gasteiger partial charge on any atom is 0.255 e. The van der Waals surface area contributed by atoms with Gasteiger partial charge in [0.05, 0.1) is 11.6 Å². The third-order valence-electron chi connectivity index (χ3n) is 5.04. The van der Waals surface area contributed by atoms with Crippen LogP contribution in [0.5, 0.6) is 0 Å². The topological polar surface area (TPSA) is 42.2 Å². The molecule has 0 spiro atoms. The first-order valence-electron chi connectivity index (χ1n) is 9.70. The second-order valence-electron chi connectivity index (χ2n) is 7.17. The molecule has 1 aromatic heterocycles. The standard InChI is InChI=1S/C26H23NO2/c1-18-13-15-20(16-14-18)24-17-23(19(2)29-24)26(28)27-25(21-9-5-3-6-10-21)22-11-7-4-8-12-22/h3-17,25H,1-2H3,(H,27,28). The summed E-state index contributed by atoms with van der Waals surface area (Å²) in [5, 5.41) is 3.18. The van der Waals surface area contributed by atoms with E-state index in [9.17, 15) is 4.79 Å². The van der Waals surface area contributed by atoms with Crippen LogP contribution in [0.25, 0.3) is 11.3 Å². The zero-order valence-corrected chi connectivity index (χ0v) is 16.6. The zero-order valence-electron chi connectivity index (χ0n) is 16.6. The first-order chi connectivity index (χ1) is 14.1. The van der Waals surface area contributed by atoms with E-state index in [2.05, 4.69) is 5.32 Å². The van der Waals surface area contributed by atoms with Gasteiger partial charge in [-0.1, -0.05) is 90.5 Å². The van der Waals surface area contributed by atoms with Gasteiger partial charge in [0.1, 0.15) is 11.5 Å². The molecular formula is C26H23NO2. The van der Waals surface area contributed by atoms with Gasteiger partial charge in [-0.05, 0) is 31.0 Å². The van der Waals surface area contributed by atoms with Crippen molar-refractivity contribution in [1.82, 2.24) is 5.32 Å². The van der Waals surface area contributed by atoms with Crippen molar-refractivity contribution in [1.29, 1.82) is 0 Å². The number of hydrogen-bond acceptors (Lipinski definition) is 2. The van der Waals surface area contributed by atoms with E-state index in [1.54, 1.807) is 0 Å². The first kappa shape index (κ1) is 18.8. The van der Waals surface area contributed by atoms with E-state index in [-0.39, 0.29) is 11.9 Å². The van der Waals surface area contributed by atoms with Gasteiger partial charge < -0.3 is 9.73 Å². The van der Waals surface area contributed by atoms with Gasteiger partial charge in [0.2, 0.25) is 0 Å². The van der Waals surface area contributed by atoms with E-state index in [1.165, 1.54) is 5.56 Å². The molecule has 0 atom stereocenters. The SMILES string of the molecule is Cc1ccc(-c2cc(C(=O)NC(c3ccccc3)c3ccccc3)c(C)o2)cc1. The van der Waals surface area contributed by atoms with Crippen LogP contribution in [-0.4, -0.2) is 5.91 Å². The number of nitrogens with one attached hydrogen (secondary N) is 1. The van der Waals surface area contributed by atoms with Crippen LogP contribution in [0.2, 0.25) is 0 Å². The van der Waals surface area contributed by atoms with Gasteiger partial charge in [-0.15, -0.1) is 0 Å². The lowest BCUT2D eigenvalue weighted by Gasteiger charge is -2.19. The number of amides is 1. The highest BCUT2D eigenvalue weighted by atomic mass is 16.3. The number of carbonyl (C=O) groups is 1. The molecule has 1 N–H and O–H groups in total. The van der Waals surface area contributed by atoms with Crippen molar-refractivity contribution in [2.45, 2.75) is 19.9 Å². The van der Waals surface area contributed by atoms with Gasteiger partial charge in [-0.2, -0.15) is 0 Å². The van der Waals surface area contributed by atoms with Crippen molar-refractivity contribution in [3.8, 4) is 11.3 Å². The van der Waals surface area contributed by atoms with E-state index < -0.39 is 0 Å². The second-order valence-corrected chi connectivity index (χ2v) is 7.17. The molecule has 0 aliphatic heterocycles. The fourth-order valence-corrected chi connectivity index (χ4v) is 3.43. The Morgan fingerprint density at radius 2 is 1.34 bits per heavy atom. The minimum absolute atomic E-state index is 0.151. The Morgan fingerprint density at radius 1 is 0.793 bits per heavy atom. The smallest absolute Gasteiger partial charge is 0.255 e. The summed E-state index contributed by atoms with van der Waals surface area (Å²) in [5.74, 6) is 1.16. The quantitative estimate of drug-likeness (QED) is 0.455. The van der Waals surface area contributed by atoms with Crippen molar-refractivity contribution in [2.75, 3.05) is 0 Å². The summed E-state index contributed by atoms with van der Waals surface area (Å²) in [6.45, 7) is 3.87. The summed E-state index contributed by atoms with van der Waals surface area (Å²) in [5.41, 5.74) is 4.76. The molecule has 0 aliphatic carbocycles.